The predicted molar refractivity (Wildman–Crippen MR) is 319 cm³/mol. The molecule has 0 unspecified atom stereocenters. The van der Waals surface area contributed by atoms with Gasteiger partial charge in [0.05, 0.1) is 19.6 Å². The van der Waals surface area contributed by atoms with Gasteiger partial charge in [-0.1, -0.05) is 82.3 Å². The van der Waals surface area contributed by atoms with Gasteiger partial charge < -0.3 is 54.5 Å². The van der Waals surface area contributed by atoms with Crippen LogP contribution in [0.4, 0.5) is 5.69 Å². The summed E-state index contributed by atoms with van der Waals surface area (Å²) < 4.78 is 22.7. The molecular formula is C64H87N7O14. The maximum atomic E-state index is 14.7. The molecule has 21 nitrogen and oxygen atoms in total. The molecular weight excluding hydrogens is 1090 g/mol. The maximum Gasteiger partial charge on any atom is 0.330 e. The third-order valence-electron chi connectivity index (χ3n) is 15.3. The first-order chi connectivity index (χ1) is 40.3. The second-order valence-electron chi connectivity index (χ2n) is 23.4. The van der Waals surface area contributed by atoms with Gasteiger partial charge in [0.1, 0.15) is 42.9 Å². The number of esters is 2. The number of nitrogens with one attached hydrogen (secondary N) is 3. The van der Waals surface area contributed by atoms with Crippen LogP contribution in [0.1, 0.15) is 123 Å². The van der Waals surface area contributed by atoms with Gasteiger partial charge in [0.25, 0.3) is 5.91 Å². The molecule has 0 spiro atoms. The van der Waals surface area contributed by atoms with E-state index < -0.39 is 113 Å². The van der Waals surface area contributed by atoms with Crippen LogP contribution in [-0.4, -0.2) is 164 Å². The van der Waals surface area contributed by atoms with Crippen molar-refractivity contribution in [1.29, 1.82) is 0 Å². The standard InChI is InChI=1S/C64H87N7O14/c1-40(2)35-49-58(76)67-47(36-43-21-14-13-15-22-43)61(79)70(10)56(41(3)4)59(77)65-42(5)60(78)68(8)33-18-17-26-55(74)84-39-64(6,7)57(75)62(80)71-34-19-16-25-48(71)63(81)85-50(29-27-44-28-30-51(82-11)52(37-44)83-12)45-23-20-24-46(38-45)66-53(72)31-32-54(73)69(49)9/h13-15,17,20-24,26,28,30,37-38,40-42,47-50,56H,16,18-19,25,27,29,31-36,39H2,1-12H3,(H,65,77)(H,66,72)(H,67,76)/b26-17-/t42-,47+,48-,49-,50+,56-/m0/s1. The largest absolute Gasteiger partial charge is 0.493 e. The number of rotatable bonds is 10. The Morgan fingerprint density at radius 2 is 1.45 bits per heavy atom. The van der Waals surface area contributed by atoms with Gasteiger partial charge in [0.2, 0.25) is 41.2 Å². The second-order valence-corrected chi connectivity index (χ2v) is 23.4. The summed E-state index contributed by atoms with van der Waals surface area (Å²) in [5.41, 5.74) is 0.884. The number of aryl methyl sites for hydroxylation is 1. The van der Waals surface area contributed by atoms with Crippen LogP contribution in [0.25, 0.3) is 0 Å². The van der Waals surface area contributed by atoms with Gasteiger partial charge in [-0.2, -0.15) is 0 Å². The van der Waals surface area contributed by atoms with Crippen molar-refractivity contribution < 1.29 is 66.9 Å². The van der Waals surface area contributed by atoms with Gasteiger partial charge in [-0.05, 0) is 119 Å². The molecule has 7 amide bonds. The highest BCUT2D eigenvalue weighted by Gasteiger charge is 2.43. The highest BCUT2D eigenvalue weighted by atomic mass is 16.5. The Balaban J connectivity index is 1.48. The molecule has 3 N–H and O–H groups in total. The van der Waals surface area contributed by atoms with Crippen molar-refractivity contribution in [2.75, 3.05) is 60.4 Å². The highest BCUT2D eigenvalue weighted by molar-refractivity contribution is 6.38. The number of piperidine rings is 1. The van der Waals surface area contributed by atoms with E-state index in [9.17, 15) is 47.9 Å². The Hall–Kier alpha value is -8.10. The van der Waals surface area contributed by atoms with E-state index in [2.05, 4.69) is 16.0 Å². The van der Waals surface area contributed by atoms with Gasteiger partial charge in [-0.25, -0.2) is 9.59 Å². The van der Waals surface area contributed by atoms with Crippen molar-refractivity contribution in [2.24, 2.45) is 17.3 Å². The molecule has 21 heteroatoms. The number of fused-ring (bicyclic) bond motifs is 3. The van der Waals surface area contributed by atoms with Crippen LogP contribution in [-0.2, 0) is 70.3 Å². The number of anilines is 1. The Bertz CT molecular complexity index is 2890. The second kappa shape index (κ2) is 31.7. The lowest BCUT2D eigenvalue weighted by Crippen LogP contribution is -2.60. The minimum absolute atomic E-state index is 0.0420. The van der Waals surface area contributed by atoms with Crippen LogP contribution in [0.15, 0.2) is 84.9 Å². The summed E-state index contributed by atoms with van der Waals surface area (Å²) in [7, 11) is 7.52. The van der Waals surface area contributed by atoms with Gasteiger partial charge in [-0.15, -0.1) is 0 Å². The number of cyclic esters (lactones) is 2. The van der Waals surface area contributed by atoms with E-state index in [-0.39, 0.29) is 64.0 Å². The van der Waals surface area contributed by atoms with Gasteiger partial charge in [-0.3, -0.25) is 38.4 Å². The number of carbonyl (C=O) groups is 10. The molecule has 2 aliphatic rings. The number of ketones is 1. The van der Waals surface area contributed by atoms with Crippen LogP contribution in [0.5, 0.6) is 11.5 Å². The molecule has 2 bridgehead atoms. The topological polar surface area (TPSA) is 257 Å². The lowest BCUT2D eigenvalue weighted by Gasteiger charge is -2.36. The Labute approximate surface area is 499 Å². The van der Waals surface area contributed by atoms with Crippen molar-refractivity contribution in [3.63, 3.8) is 0 Å². The number of Topliss-reactive ketones (excluding diaryl/α,β-unsaturated/α-hetero) is 1. The monoisotopic (exact) mass is 1180 g/mol. The molecule has 0 aromatic heterocycles. The number of nitrogens with zero attached hydrogens (tertiary/aromatic N) is 4. The van der Waals surface area contributed by atoms with Crippen LogP contribution < -0.4 is 25.4 Å². The van der Waals surface area contributed by atoms with Gasteiger partial charge in [0.15, 0.2) is 11.5 Å². The number of carbonyl (C=O) groups excluding carboxylic acids is 10. The van der Waals surface area contributed by atoms with Crippen LogP contribution in [0.2, 0.25) is 0 Å². The number of benzene rings is 3. The SMILES string of the molecule is COc1ccc(CC[C@H]2OC(=O)[C@@H]3CCCCN3C(=O)C(=O)C(C)(C)COC(=O)/C=C\CCN(C)C(=O)[C@H](C)NC(=O)[C@H](C(C)C)N(C)C(=O)[C@@H](Cc3ccccc3)NC(=O)[C@H](CC(C)C)N(C)C(=O)CCC(=O)Nc3cccc2c3)cc1OC. The van der Waals surface area contributed by atoms with E-state index in [0.717, 1.165) is 17.2 Å². The zero-order valence-corrected chi connectivity index (χ0v) is 51.4. The molecule has 0 aliphatic carbocycles. The summed E-state index contributed by atoms with van der Waals surface area (Å²) in [4.78, 5) is 145. The van der Waals surface area contributed by atoms with E-state index in [1.54, 1.807) is 68.4 Å². The zero-order chi connectivity index (χ0) is 62.7. The number of amides is 7. The lowest BCUT2D eigenvalue weighted by molar-refractivity contribution is -0.165. The molecule has 1 fully saturated rings. The van der Waals surface area contributed by atoms with E-state index in [0.29, 0.717) is 42.0 Å². The van der Waals surface area contributed by atoms with Crippen molar-refractivity contribution in [3.05, 3.63) is 102 Å². The third kappa shape index (κ3) is 19.2. The average Bonchev–Trinajstić information content (AvgIpc) is 3.65. The Kier molecular flexibility index (Phi) is 25.2. The van der Waals surface area contributed by atoms with Crippen molar-refractivity contribution in [2.45, 2.75) is 149 Å². The summed E-state index contributed by atoms with van der Waals surface area (Å²) in [6, 6.07) is 15.7. The van der Waals surface area contributed by atoms with E-state index in [4.69, 9.17) is 18.9 Å². The fourth-order valence-corrected chi connectivity index (χ4v) is 10.4. The van der Waals surface area contributed by atoms with Crippen molar-refractivity contribution >= 4 is 64.8 Å². The molecule has 85 heavy (non-hydrogen) atoms. The third-order valence-corrected chi connectivity index (χ3v) is 15.3. The summed E-state index contributed by atoms with van der Waals surface area (Å²) in [6.07, 6.45) is 3.51. The number of hydrogen-bond acceptors (Lipinski definition) is 14. The van der Waals surface area contributed by atoms with Crippen LogP contribution in [0.3, 0.4) is 0 Å². The molecule has 462 valence electrons. The molecule has 3 aromatic rings. The van der Waals surface area contributed by atoms with E-state index in [1.165, 1.54) is 81.8 Å². The molecule has 2 aliphatic heterocycles. The quantitative estimate of drug-likeness (QED) is 0.152. The number of ether oxygens (including phenoxy) is 4. The lowest BCUT2D eigenvalue weighted by atomic mass is 9.87. The molecule has 6 atom stereocenters. The minimum atomic E-state index is -1.50. The Morgan fingerprint density at radius 1 is 0.741 bits per heavy atom. The van der Waals surface area contributed by atoms with Gasteiger partial charge in [0, 0.05) is 65.3 Å². The minimum Gasteiger partial charge on any atom is -0.493 e. The molecule has 5 rings (SSSR count). The van der Waals surface area contributed by atoms with E-state index >= 15 is 0 Å². The van der Waals surface area contributed by atoms with E-state index in [1.807, 2.05) is 32.0 Å². The average molecular weight is 1180 g/mol. The fourth-order valence-electron chi connectivity index (χ4n) is 10.4. The summed E-state index contributed by atoms with van der Waals surface area (Å²) >= 11 is 0. The predicted octanol–water partition coefficient (Wildman–Crippen LogP) is 6.17. The normalized spacial score (nSPS) is 23.4. The Morgan fingerprint density at radius 3 is 2.12 bits per heavy atom. The summed E-state index contributed by atoms with van der Waals surface area (Å²) in [5, 5.41) is 8.52. The molecule has 0 saturated carbocycles. The number of likely N-dealkylation sites (N-methyl/N-ethyl adjacent to an activating group) is 3. The fraction of sp³-hybridized carbons (Fsp3) is 0.531. The maximum absolute atomic E-state index is 14.7. The molecule has 3 aromatic carbocycles. The van der Waals surface area contributed by atoms with Gasteiger partial charge >= 0.3 is 11.9 Å². The van der Waals surface area contributed by atoms with Crippen molar-refractivity contribution in [3.8, 4) is 11.5 Å². The smallest absolute Gasteiger partial charge is 0.330 e. The zero-order valence-electron chi connectivity index (χ0n) is 51.4. The number of methoxy groups -OCH3 is 2. The molecule has 0 radical (unpaired) electrons. The summed E-state index contributed by atoms with van der Waals surface area (Å²) in [6.45, 7) is 11.5. The van der Waals surface area contributed by atoms with Crippen molar-refractivity contribution in [1.82, 2.24) is 30.2 Å². The highest BCUT2D eigenvalue weighted by Crippen LogP contribution is 2.33. The first kappa shape index (κ1) is 67.7. The first-order valence-electron chi connectivity index (χ1n) is 29.2. The summed E-state index contributed by atoms with van der Waals surface area (Å²) in [5.74, 6) is -6.17. The number of hydrogen-bond donors (Lipinski definition) is 3. The molecule has 1 saturated heterocycles. The first-order valence-corrected chi connectivity index (χ1v) is 29.2. The van der Waals surface area contributed by atoms with Crippen LogP contribution in [0, 0.1) is 17.3 Å². The van der Waals surface area contributed by atoms with Crippen LogP contribution >= 0.6 is 0 Å². The molecule has 2 heterocycles.